The second-order valence-corrected chi connectivity index (χ2v) is 3.44. The fourth-order valence-corrected chi connectivity index (χ4v) is 1.08. The highest BCUT2D eigenvalue weighted by Gasteiger charge is 2.12. The molecule has 0 rings (SSSR count). The van der Waals surface area contributed by atoms with E-state index in [0.717, 1.165) is 19.3 Å². The number of hydrogen-bond donors (Lipinski definition) is 1. The van der Waals surface area contributed by atoms with E-state index in [2.05, 4.69) is 6.92 Å². The lowest BCUT2D eigenvalue weighted by Gasteiger charge is -2.23. The summed E-state index contributed by atoms with van der Waals surface area (Å²) in [5, 5.41) is 8.55. The van der Waals surface area contributed by atoms with Crippen LogP contribution in [-0.4, -0.2) is 35.6 Å². The van der Waals surface area contributed by atoms with Crippen LogP contribution in [0.1, 0.15) is 39.5 Å². The zero-order valence-electron chi connectivity index (χ0n) is 8.92. The van der Waals surface area contributed by atoms with Crippen molar-refractivity contribution in [3.8, 4) is 0 Å². The van der Waals surface area contributed by atoms with Gasteiger partial charge in [-0.05, 0) is 26.2 Å². The van der Waals surface area contributed by atoms with Crippen LogP contribution in [0.25, 0.3) is 0 Å². The monoisotopic (exact) mass is 187 g/mol. The molecule has 0 radical (unpaired) electrons. The Morgan fingerprint density at radius 3 is 2.54 bits per heavy atom. The normalized spacial score (nSPS) is 12.6. The number of carbonyl (C=O) groups excluding carboxylic acids is 1. The Morgan fingerprint density at radius 1 is 1.46 bits per heavy atom. The standard InChI is InChI=1S/C10H21NO2/c1-4-9(2)11(3)10(13)7-5-6-8-12/h9,12H,4-8H2,1-3H3. The van der Waals surface area contributed by atoms with Crippen molar-refractivity contribution < 1.29 is 9.90 Å². The molecule has 0 fully saturated rings. The Labute approximate surface area is 80.7 Å². The minimum absolute atomic E-state index is 0.181. The SMILES string of the molecule is CCC(C)N(C)C(=O)CCCCO. The van der Waals surface area contributed by atoms with Crippen molar-refractivity contribution in [2.24, 2.45) is 0 Å². The summed E-state index contributed by atoms with van der Waals surface area (Å²) < 4.78 is 0. The van der Waals surface area contributed by atoms with E-state index < -0.39 is 0 Å². The maximum absolute atomic E-state index is 11.5. The average Bonchev–Trinajstić information content (AvgIpc) is 2.15. The number of aliphatic hydroxyl groups excluding tert-OH is 1. The summed E-state index contributed by atoms with van der Waals surface area (Å²) >= 11 is 0. The first-order valence-electron chi connectivity index (χ1n) is 5.00. The Morgan fingerprint density at radius 2 is 2.08 bits per heavy atom. The van der Waals surface area contributed by atoms with Gasteiger partial charge in [-0.3, -0.25) is 4.79 Å². The van der Waals surface area contributed by atoms with E-state index in [0.29, 0.717) is 12.5 Å². The third-order valence-corrected chi connectivity index (χ3v) is 2.44. The van der Waals surface area contributed by atoms with Crippen molar-refractivity contribution in [1.29, 1.82) is 0 Å². The number of unbranched alkanes of at least 4 members (excludes halogenated alkanes) is 1. The number of aliphatic hydroxyl groups is 1. The van der Waals surface area contributed by atoms with E-state index in [9.17, 15) is 4.79 Å². The van der Waals surface area contributed by atoms with Crippen molar-refractivity contribution >= 4 is 5.91 Å². The zero-order valence-corrected chi connectivity index (χ0v) is 8.92. The summed E-state index contributed by atoms with van der Waals surface area (Å²) in [6.45, 7) is 4.30. The van der Waals surface area contributed by atoms with E-state index in [4.69, 9.17) is 5.11 Å². The Balaban J connectivity index is 3.69. The summed E-state index contributed by atoms with van der Waals surface area (Å²) in [6.07, 6.45) is 3.06. The van der Waals surface area contributed by atoms with Crippen LogP contribution in [0.15, 0.2) is 0 Å². The molecule has 0 aliphatic carbocycles. The number of hydrogen-bond acceptors (Lipinski definition) is 2. The fourth-order valence-electron chi connectivity index (χ4n) is 1.08. The second-order valence-electron chi connectivity index (χ2n) is 3.44. The average molecular weight is 187 g/mol. The van der Waals surface area contributed by atoms with E-state index >= 15 is 0 Å². The first kappa shape index (κ1) is 12.4. The van der Waals surface area contributed by atoms with Crippen molar-refractivity contribution in [2.45, 2.75) is 45.6 Å². The Bertz CT molecular complexity index is 148. The molecule has 0 aliphatic rings. The quantitative estimate of drug-likeness (QED) is 0.639. The molecule has 0 spiro atoms. The van der Waals surface area contributed by atoms with E-state index in [1.165, 1.54) is 0 Å². The van der Waals surface area contributed by atoms with Gasteiger partial charge in [0.1, 0.15) is 0 Å². The molecule has 0 saturated carbocycles. The molecule has 1 unspecified atom stereocenters. The lowest BCUT2D eigenvalue weighted by atomic mass is 10.2. The molecule has 0 aromatic heterocycles. The van der Waals surface area contributed by atoms with Gasteiger partial charge >= 0.3 is 0 Å². The van der Waals surface area contributed by atoms with Crippen molar-refractivity contribution in [3.05, 3.63) is 0 Å². The zero-order chi connectivity index (χ0) is 10.3. The lowest BCUT2D eigenvalue weighted by Crippen LogP contribution is -2.34. The predicted molar refractivity (Wildman–Crippen MR) is 53.5 cm³/mol. The van der Waals surface area contributed by atoms with Crippen LogP contribution in [0.3, 0.4) is 0 Å². The first-order chi connectivity index (χ1) is 6.13. The van der Waals surface area contributed by atoms with Gasteiger partial charge in [0.2, 0.25) is 5.91 Å². The molecule has 0 aromatic carbocycles. The molecule has 3 heteroatoms. The first-order valence-corrected chi connectivity index (χ1v) is 5.00. The van der Waals surface area contributed by atoms with Gasteiger partial charge in [-0.25, -0.2) is 0 Å². The molecule has 13 heavy (non-hydrogen) atoms. The largest absolute Gasteiger partial charge is 0.396 e. The molecule has 3 nitrogen and oxygen atoms in total. The lowest BCUT2D eigenvalue weighted by molar-refractivity contribution is -0.131. The molecular weight excluding hydrogens is 166 g/mol. The number of carbonyl (C=O) groups is 1. The highest BCUT2D eigenvalue weighted by Crippen LogP contribution is 2.05. The molecule has 0 aromatic rings. The van der Waals surface area contributed by atoms with Crippen LogP contribution in [0, 0.1) is 0 Å². The van der Waals surface area contributed by atoms with Gasteiger partial charge in [0.15, 0.2) is 0 Å². The third-order valence-electron chi connectivity index (χ3n) is 2.44. The summed E-state index contributed by atoms with van der Waals surface area (Å²) in [7, 11) is 1.84. The van der Waals surface area contributed by atoms with Gasteiger partial charge in [-0.15, -0.1) is 0 Å². The van der Waals surface area contributed by atoms with Crippen LogP contribution >= 0.6 is 0 Å². The van der Waals surface area contributed by atoms with Crippen molar-refractivity contribution in [1.82, 2.24) is 4.90 Å². The molecule has 1 amide bonds. The summed E-state index contributed by atoms with van der Waals surface area (Å²) in [5.41, 5.74) is 0. The minimum atomic E-state index is 0.181. The van der Waals surface area contributed by atoms with E-state index in [1.54, 1.807) is 4.90 Å². The summed E-state index contributed by atoms with van der Waals surface area (Å²) in [5.74, 6) is 0.183. The maximum Gasteiger partial charge on any atom is 0.222 e. The number of nitrogens with zero attached hydrogens (tertiary/aromatic N) is 1. The van der Waals surface area contributed by atoms with Gasteiger partial charge in [0.05, 0.1) is 0 Å². The van der Waals surface area contributed by atoms with Gasteiger partial charge < -0.3 is 10.0 Å². The van der Waals surface area contributed by atoms with E-state index in [-0.39, 0.29) is 12.5 Å². The molecule has 1 atom stereocenters. The van der Waals surface area contributed by atoms with E-state index in [1.807, 2.05) is 14.0 Å². The predicted octanol–water partition coefficient (Wildman–Crippen LogP) is 1.41. The summed E-state index contributed by atoms with van der Waals surface area (Å²) in [6, 6.07) is 0.321. The van der Waals surface area contributed by atoms with Crippen LogP contribution in [0.2, 0.25) is 0 Å². The van der Waals surface area contributed by atoms with Crippen LogP contribution in [0.4, 0.5) is 0 Å². The molecule has 0 saturated heterocycles. The van der Waals surface area contributed by atoms with Crippen molar-refractivity contribution in [3.63, 3.8) is 0 Å². The molecule has 0 aliphatic heterocycles. The fraction of sp³-hybridized carbons (Fsp3) is 0.900. The number of rotatable bonds is 6. The molecular formula is C10H21NO2. The van der Waals surface area contributed by atoms with Gasteiger partial charge in [0.25, 0.3) is 0 Å². The molecule has 0 bridgehead atoms. The number of amides is 1. The summed E-state index contributed by atoms with van der Waals surface area (Å²) in [4.78, 5) is 13.3. The Kier molecular flexibility index (Phi) is 6.59. The second kappa shape index (κ2) is 6.89. The highest BCUT2D eigenvalue weighted by atomic mass is 16.2. The molecule has 0 heterocycles. The molecule has 78 valence electrons. The third kappa shape index (κ3) is 4.88. The van der Waals surface area contributed by atoms with Crippen LogP contribution < -0.4 is 0 Å². The van der Waals surface area contributed by atoms with Crippen molar-refractivity contribution in [2.75, 3.05) is 13.7 Å². The minimum Gasteiger partial charge on any atom is -0.396 e. The Hall–Kier alpha value is -0.570. The van der Waals surface area contributed by atoms with Gasteiger partial charge in [0, 0.05) is 26.1 Å². The smallest absolute Gasteiger partial charge is 0.222 e. The van der Waals surface area contributed by atoms with Crippen LogP contribution in [0.5, 0.6) is 0 Å². The van der Waals surface area contributed by atoms with Gasteiger partial charge in [-0.1, -0.05) is 6.92 Å². The van der Waals surface area contributed by atoms with Crippen LogP contribution in [-0.2, 0) is 4.79 Å². The van der Waals surface area contributed by atoms with Gasteiger partial charge in [-0.2, -0.15) is 0 Å². The topological polar surface area (TPSA) is 40.5 Å². The highest BCUT2D eigenvalue weighted by molar-refractivity contribution is 5.76. The maximum atomic E-state index is 11.5. The molecule has 1 N–H and O–H groups in total.